The first-order chi connectivity index (χ1) is 16.4. The Morgan fingerprint density at radius 2 is 1.00 bits per heavy atom. The van der Waals surface area contributed by atoms with E-state index in [0.29, 0.717) is 19.6 Å². The number of aromatic nitrogens is 2. The molecule has 6 nitrogen and oxygen atoms in total. The molecular weight excluding hydrogens is 483 g/mol. The summed E-state index contributed by atoms with van der Waals surface area (Å²) in [6, 6.07) is 24.1. The van der Waals surface area contributed by atoms with Crippen LogP contribution in [0.2, 0.25) is 0 Å². The maximum absolute atomic E-state index is 5.74. The van der Waals surface area contributed by atoms with Crippen LogP contribution < -0.4 is 0 Å². The first-order valence-corrected chi connectivity index (χ1v) is 10.7. The third-order valence-corrected chi connectivity index (χ3v) is 5.36. The van der Waals surface area contributed by atoms with E-state index in [2.05, 4.69) is 44.5 Å². The lowest BCUT2D eigenvalue weighted by Crippen LogP contribution is -2.10. The number of hydrogen-bond acceptors (Lipinski definition) is 6. The van der Waals surface area contributed by atoms with Gasteiger partial charge in [-0.3, -0.25) is 9.97 Å². The number of nitrogens with zero attached hydrogens (tertiary/aromatic N) is 4. The summed E-state index contributed by atoms with van der Waals surface area (Å²) in [4.78, 5) is 19.7. The van der Waals surface area contributed by atoms with E-state index >= 15 is 0 Å². The summed E-state index contributed by atoms with van der Waals surface area (Å²) in [7, 11) is 0. The van der Waals surface area contributed by atoms with Crippen LogP contribution in [0.25, 0.3) is 11.1 Å². The lowest BCUT2D eigenvalue weighted by Gasteiger charge is -2.09. The number of rotatable bonds is 6. The molecule has 0 atom stereocenters. The van der Waals surface area contributed by atoms with Crippen LogP contribution >= 0.6 is 24.8 Å². The van der Waals surface area contributed by atoms with Gasteiger partial charge in [-0.2, -0.15) is 0 Å². The highest BCUT2D eigenvalue weighted by Gasteiger charge is 2.23. The molecule has 178 valence electrons. The van der Waals surface area contributed by atoms with Crippen molar-refractivity contribution < 1.29 is 9.68 Å². The second-order valence-electron chi connectivity index (χ2n) is 7.61. The molecule has 0 saturated heterocycles. The van der Waals surface area contributed by atoms with E-state index in [1.807, 2.05) is 48.5 Å². The molecule has 2 heterocycles. The fraction of sp³-hybridized carbons (Fsp3) is 0.111. The topological polar surface area (TPSA) is 69.0 Å². The van der Waals surface area contributed by atoms with Gasteiger partial charge in [0.2, 0.25) is 0 Å². The van der Waals surface area contributed by atoms with Gasteiger partial charge in [0.05, 0.1) is 11.4 Å². The Hall–Kier alpha value is -3.74. The zero-order valence-corrected chi connectivity index (χ0v) is 20.4. The van der Waals surface area contributed by atoms with E-state index in [1.54, 1.807) is 24.8 Å². The SMILES string of the molecule is Cl.Cl.c1cncc(CON=C2CC(=NOCc3cccnc3)c3ccccc3-c3ccccc32)c1. The molecule has 35 heavy (non-hydrogen) atoms. The summed E-state index contributed by atoms with van der Waals surface area (Å²) in [5.74, 6) is 0. The molecule has 8 heteroatoms. The second-order valence-corrected chi connectivity index (χ2v) is 7.61. The molecule has 0 radical (unpaired) electrons. The lowest BCUT2D eigenvalue weighted by molar-refractivity contribution is 0.128. The predicted octanol–water partition coefficient (Wildman–Crippen LogP) is 6.23. The number of oxime groups is 2. The smallest absolute Gasteiger partial charge is 0.143 e. The second kappa shape index (κ2) is 12.6. The van der Waals surface area contributed by atoms with Crippen molar-refractivity contribution in [3.05, 3.63) is 120 Å². The van der Waals surface area contributed by atoms with Gasteiger partial charge in [0.15, 0.2) is 0 Å². The van der Waals surface area contributed by atoms with Crippen molar-refractivity contribution in [3.63, 3.8) is 0 Å². The van der Waals surface area contributed by atoms with Gasteiger partial charge in [-0.15, -0.1) is 24.8 Å². The van der Waals surface area contributed by atoms with Gasteiger partial charge >= 0.3 is 0 Å². The zero-order valence-electron chi connectivity index (χ0n) is 18.8. The minimum atomic E-state index is 0. The van der Waals surface area contributed by atoms with Crippen molar-refractivity contribution in [2.75, 3.05) is 0 Å². The van der Waals surface area contributed by atoms with Crippen molar-refractivity contribution in [3.8, 4) is 11.1 Å². The van der Waals surface area contributed by atoms with Gasteiger partial charge in [-0.25, -0.2) is 0 Å². The third-order valence-electron chi connectivity index (χ3n) is 5.36. The Morgan fingerprint density at radius 3 is 1.40 bits per heavy atom. The molecule has 1 aliphatic carbocycles. The number of hydrogen-bond donors (Lipinski definition) is 0. The third kappa shape index (κ3) is 6.23. The van der Waals surface area contributed by atoms with Crippen molar-refractivity contribution in [2.24, 2.45) is 10.3 Å². The highest BCUT2D eigenvalue weighted by atomic mass is 35.5. The summed E-state index contributed by atoms with van der Waals surface area (Å²) in [6.07, 6.45) is 7.51. The van der Waals surface area contributed by atoms with E-state index in [-0.39, 0.29) is 24.8 Å². The monoisotopic (exact) mass is 506 g/mol. The van der Waals surface area contributed by atoms with Gasteiger partial charge in [0, 0.05) is 53.5 Å². The summed E-state index contributed by atoms with van der Waals surface area (Å²) < 4.78 is 0. The van der Waals surface area contributed by atoms with E-state index in [0.717, 1.165) is 44.8 Å². The minimum absolute atomic E-state index is 0. The minimum Gasteiger partial charge on any atom is -0.391 e. The van der Waals surface area contributed by atoms with Crippen LogP contribution in [-0.4, -0.2) is 21.4 Å². The average Bonchev–Trinajstić information content (AvgIpc) is 3.01. The Labute approximate surface area is 216 Å². The van der Waals surface area contributed by atoms with E-state index < -0.39 is 0 Å². The molecule has 1 aliphatic rings. The highest BCUT2D eigenvalue weighted by molar-refractivity contribution is 6.24. The Kier molecular flexibility index (Phi) is 9.35. The molecule has 0 spiro atoms. The largest absolute Gasteiger partial charge is 0.391 e. The first-order valence-electron chi connectivity index (χ1n) is 10.7. The summed E-state index contributed by atoms with van der Waals surface area (Å²) in [5.41, 5.74) is 7.75. The average molecular weight is 507 g/mol. The quantitative estimate of drug-likeness (QED) is 0.290. The molecule has 0 aliphatic heterocycles. The fourth-order valence-electron chi connectivity index (χ4n) is 3.79. The molecule has 0 N–H and O–H groups in total. The molecule has 4 aromatic rings. The standard InChI is InChI=1S/C27H22N4O2.2ClH/c1-3-11-24-22(9-1)23-10-2-4-12-25(23)27(31-33-19-21-8-6-14-29-17-21)15-26(24)30-32-18-20-7-5-13-28-16-20;;/h1-14,16-17H,15,18-19H2;2*1H. The Morgan fingerprint density at radius 1 is 0.571 bits per heavy atom. The maximum Gasteiger partial charge on any atom is 0.143 e. The van der Waals surface area contributed by atoms with E-state index in [9.17, 15) is 0 Å². The Bertz CT molecular complexity index is 1200. The first kappa shape index (κ1) is 25.9. The summed E-state index contributed by atoms with van der Waals surface area (Å²) >= 11 is 0. The fourth-order valence-corrected chi connectivity index (χ4v) is 3.79. The molecule has 2 aromatic carbocycles. The molecule has 0 fully saturated rings. The normalized spacial score (nSPS) is 14.1. The maximum atomic E-state index is 5.74. The van der Waals surface area contributed by atoms with Crippen molar-refractivity contribution >= 4 is 36.2 Å². The van der Waals surface area contributed by atoms with E-state index in [1.165, 1.54) is 0 Å². The number of pyridine rings is 2. The van der Waals surface area contributed by atoms with E-state index in [4.69, 9.17) is 9.68 Å². The molecule has 0 bridgehead atoms. The molecule has 0 amide bonds. The molecule has 5 rings (SSSR count). The summed E-state index contributed by atoms with van der Waals surface area (Å²) in [5, 5.41) is 9.04. The van der Waals surface area contributed by atoms with Crippen molar-refractivity contribution in [1.82, 2.24) is 9.97 Å². The van der Waals surface area contributed by atoms with Crippen LogP contribution in [0.15, 0.2) is 108 Å². The van der Waals surface area contributed by atoms with Crippen LogP contribution in [0.4, 0.5) is 0 Å². The van der Waals surface area contributed by atoms with Gasteiger partial charge in [-0.05, 0) is 23.3 Å². The van der Waals surface area contributed by atoms with Crippen molar-refractivity contribution in [2.45, 2.75) is 19.6 Å². The number of halogens is 2. The number of fused-ring (bicyclic) bond motifs is 3. The predicted molar refractivity (Wildman–Crippen MR) is 142 cm³/mol. The van der Waals surface area contributed by atoms with Crippen LogP contribution in [0.1, 0.15) is 28.7 Å². The van der Waals surface area contributed by atoms with Gasteiger partial charge in [0.25, 0.3) is 0 Å². The lowest BCUT2D eigenvalue weighted by atomic mass is 9.96. The van der Waals surface area contributed by atoms with Gasteiger partial charge < -0.3 is 9.68 Å². The van der Waals surface area contributed by atoms with Crippen LogP contribution in [-0.2, 0) is 22.9 Å². The van der Waals surface area contributed by atoms with Gasteiger partial charge in [0.1, 0.15) is 13.2 Å². The molecule has 0 unspecified atom stereocenters. The Balaban J connectivity index is 0.00000171. The van der Waals surface area contributed by atoms with Crippen LogP contribution in [0, 0.1) is 0 Å². The molecular formula is C27H24Cl2N4O2. The van der Waals surface area contributed by atoms with Crippen molar-refractivity contribution in [1.29, 1.82) is 0 Å². The van der Waals surface area contributed by atoms with Crippen LogP contribution in [0.3, 0.4) is 0 Å². The van der Waals surface area contributed by atoms with Gasteiger partial charge in [-0.1, -0.05) is 71.0 Å². The number of benzene rings is 2. The molecule has 2 aromatic heterocycles. The molecule has 0 saturated carbocycles. The highest BCUT2D eigenvalue weighted by Crippen LogP contribution is 2.33. The van der Waals surface area contributed by atoms with Crippen LogP contribution in [0.5, 0.6) is 0 Å². The zero-order chi connectivity index (χ0) is 22.3. The summed E-state index contributed by atoms with van der Waals surface area (Å²) in [6.45, 7) is 0.687.